The fourth-order valence-electron chi connectivity index (χ4n) is 4.04. The molecule has 0 unspecified atom stereocenters. The molecule has 0 radical (unpaired) electrons. The van der Waals surface area contributed by atoms with Crippen LogP contribution in [0.15, 0.2) is 42.7 Å². The number of nitrogens with zero attached hydrogens (tertiary/aromatic N) is 4. The van der Waals surface area contributed by atoms with Crippen LogP contribution in [0.5, 0.6) is 11.5 Å². The van der Waals surface area contributed by atoms with E-state index in [2.05, 4.69) is 51.7 Å². The third-order valence-corrected chi connectivity index (χ3v) is 6.05. The van der Waals surface area contributed by atoms with Gasteiger partial charge in [-0.1, -0.05) is 19.9 Å². The van der Waals surface area contributed by atoms with Crippen LogP contribution in [0.4, 0.5) is 0 Å². The normalized spacial score (nSPS) is 16.3. The number of benzene rings is 1. The second-order valence-electron chi connectivity index (χ2n) is 8.34. The number of aliphatic hydroxyl groups is 1. The number of likely N-dealkylation sites (N-methyl/N-ethyl adjacent to an activating group) is 1. The topological polar surface area (TPSA) is 61.3 Å². The van der Waals surface area contributed by atoms with E-state index in [1.54, 1.807) is 7.11 Å². The predicted molar refractivity (Wildman–Crippen MR) is 127 cm³/mol. The lowest BCUT2D eigenvalue weighted by Crippen LogP contribution is -2.49. The molecule has 1 N–H and O–H groups in total. The summed E-state index contributed by atoms with van der Waals surface area (Å²) in [5.41, 5.74) is 2.42. The number of aliphatic hydroxyl groups excluding tert-OH is 1. The van der Waals surface area contributed by atoms with Gasteiger partial charge >= 0.3 is 0 Å². The summed E-state index contributed by atoms with van der Waals surface area (Å²) >= 11 is 0. The molecule has 2 aromatic rings. The predicted octanol–water partition coefficient (Wildman–Crippen LogP) is 2.49. The number of aromatic nitrogens is 1. The molecule has 1 aromatic carbocycles. The van der Waals surface area contributed by atoms with Crippen molar-refractivity contribution in [1.29, 1.82) is 0 Å². The van der Waals surface area contributed by atoms with Crippen LogP contribution >= 0.6 is 0 Å². The summed E-state index contributed by atoms with van der Waals surface area (Å²) in [6.07, 6.45) is 3.14. The molecule has 7 nitrogen and oxygen atoms in total. The lowest BCUT2D eigenvalue weighted by atomic mass is 10.1. The van der Waals surface area contributed by atoms with E-state index in [1.165, 1.54) is 11.1 Å². The van der Waals surface area contributed by atoms with Crippen molar-refractivity contribution in [3.63, 3.8) is 0 Å². The number of ether oxygens (including phenoxy) is 2. The Morgan fingerprint density at radius 1 is 0.969 bits per heavy atom. The molecule has 1 fully saturated rings. The monoisotopic (exact) mass is 442 g/mol. The highest BCUT2D eigenvalue weighted by Gasteiger charge is 2.19. The summed E-state index contributed by atoms with van der Waals surface area (Å²) in [6.45, 7) is 13.1. The lowest BCUT2D eigenvalue weighted by molar-refractivity contribution is 0.0464. The molecule has 0 amide bonds. The third-order valence-electron chi connectivity index (χ3n) is 6.05. The highest BCUT2D eigenvalue weighted by Crippen LogP contribution is 2.29. The molecule has 3 rings (SSSR count). The van der Waals surface area contributed by atoms with Crippen LogP contribution in [0, 0.1) is 0 Å². The molecule has 1 atom stereocenters. The fraction of sp³-hybridized carbons (Fsp3) is 0.560. The molecule has 176 valence electrons. The van der Waals surface area contributed by atoms with E-state index in [9.17, 15) is 5.11 Å². The number of rotatable bonds is 12. The maximum absolute atomic E-state index is 10.5. The first-order valence-electron chi connectivity index (χ1n) is 11.6. The van der Waals surface area contributed by atoms with Gasteiger partial charge in [-0.3, -0.25) is 14.8 Å². The molecule has 0 spiro atoms. The highest BCUT2D eigenvalue weighted by atomic mass is 16.5. The quantitative estimate of drug-likeness (QED) is 0.542. The van der Waals surface area contributed by atoms with Crippen molar-refractivity contribution in [1.82, 2.24) is 19.7 Å². The Bertz CT molecular complexity index is 797. The third kappa shape index (κ3) is 7.45. The molecular weight excluding hydrogens is 404 g/mol. The van der Waals surface area contributed by atoms with Gasteiger partial charge in [0.2, 0.25) is 0 Å². The molecule has 2 heterocycles. The Morgan fingerprint density at radius 2 is 1.66 bits per heavy atom. The van der Waals surface area contributed by atoms with E-state index >= 15 is 0 Å². The molecule has 32 heavy (non-hydrogen) atoms. The van der Waals surface area contributed by atoms with Crippen molar-refractivity contribution in [2.45, 2.75) is 33.0 Å². The van der Waals surface area contributed by atoms with E-state index < -0.39 is 6.10 Å². The second-order valence-corrected chi connectivity index (χ2v) is 8.34. The van der Waals surface area contributed by atoms with Crippen LogP contribution in [0.1, 0.15) is 25.0 Å². The van der Waals surface area contributed by atoms with Crippen molar-refractivity contribution < 1.29 is 14.6 Å². The maximum atomic E-state index is 10.5. The van der Waals surface area contributed by atoms with Gasteiger partial charge in [-0.2, -0.15) is 0 Å². The van der Waals surface area contributed by atoms with Gasteiger partial charge < -0.3 is 19.5 Å². The number of β-amino-alcohol motifs (C(OH)–C–C–N with tert-alkyl or cyclic N) is 1. The van der Waals surface area contributed by atoms with E-state index in [-0.39, 0.29) is 6.61 Å². The summed E-state index contributed by atoms with van der Waals surface area (Å²) in [5, 5.41) is 10.5. The Kier molecular flexibility index (Phi) is 9.74. The number of hydrogen-bond acceptors (Lipinski definition) is 7. The van der Waals surface area contributed by atoms with Crippen LogP contribution in [0.25, 0.3) is 0 Å². The Labute approximate surface area is 192 Å². The van der Waals surface area contributed by atoms with Crippen molar-refractivity contribution in [2.24, 2.45) is 0 Å². The summed E-state index contributed by atoms with van der Waals surface area (Å²) in [4.78, 5) is 11.2. The number of piperazine rings is 1. The van der Waals surface area contributed by atoms with Gasteiger partial charge in [0.1, 0.15) is 12.7 Å². The summed E-state index contributed by atoms with van der Waals surface area (Å²) in [5.74, 6) is 1.37. The Morgan fingerprint density at radius 3 is 2.31 bits per heavy atom. The van der Waals surface area contributed by atoms with Gasteiger partial charge in [-0.15, -0.1) is 0 Å². The Hall–Kier alpha value is -2.19. The zero-order valence-corrected chi connectivity index (χ0v) is 19.7. The largest absolute Gasteiger partial charge is 0.493 e. The first-order valence-corrected chi connectivity index (χ1v) is 11.6. The maximum Gasteiger partial charge on any atom is 0.161 e. The molecular formula is C25H38N4O3. The second kappa shape index (κ2) is 12.7. The average molecular weight is 443 g/mol. The highest BCUT2D eigenvalue weighted by molar-refractivity contribution is 5.43. The van der Waals surface area contributed by atoms with Gasteiger partial charge in [0.15, 0.2) is 11.5 Å². The minimum absolute atomic E-state index is 0.257. The molecule has 0 saturated carbocycles. The first-order chi connectivity index (χ1) is 15.6. The van der Waals surface area contributed by atoms with Gasteiger partial charge in [-0.05, 0) is 48.5 Å². The van der Waals surface area contributed by atoms with Gasteiger partial charge in [0.25, 0.3) is 0 Å². The van der Waals surface area contributed by atoms with Crippen molar-refractivity contribution >= 4 is 0 Å². The molecule has 0 aliphatic carbocycles. The summed E-state index contributed by atoms with van der Waals surface area (Å²) in [7, 11) is 1.66. The number of pyridine rings is 1. The van der Waals surface area contributed by atoms with Crippen LogP contribution in [-0.4, -0.2) is 90.4 Å². The van der Waals surface area contributed by atoms with E-state index in [4.69, 9.17) is 9.47 Å². The van der Waals surface area contributed by atoms with Crippen molar-refractivity contribution in [2.75, 3.05) is 59.5 Å². The van der Waals surface area contributed by atoms with Gasteiger partial charge in [0, 0.05) is 58.2 Å². The molecule has 1 aromatic heterocycles. The SMILES string of the molecule is CCN1CCN(C[C@H](O)COc2ccc(CN(CC)Cc3ccncc3)cc2OC)CC1. The summed E-state index contributed by atoms with van der Waals surface area (Å²) in [6, 6.07) is 10.1. The van der Waals surface area contributed by atoms with Crippen LogP contribution in [0.3, 0.4) is 0 Å². The van der Waals surface area contributed by atoms with Crippen LogP contribution in [-0.2, 0) is 13.1 Å². The van der Waals surface area contributed by atoms with Crippen molar-refractivity contribution in [3.8, 4) is 11.5 Å². The first kappa shape index (κ1) is 24.5. The van der Waals surface area contributed by atoms with Gasteiger partial charge in [0.05, 0.1) is 7.11 Å². The molecule has 1 aliphatic rings. The molecule has 7 heteroatoms. The minimum Gasteiger partial charge on any atom is -0.493 e. The summed E-state index contributed by atoms with van der Waals surface area (Å²) < 4.78 is 11.5. The van der Waals surface area contributed by atoms with E-state index in [0.29, 0.717) is 18.0 Å². The standard InChI is InChI=1S/C25H38N4O3/c1-4-27-12-14-29(15-13-27)19-23(30)20-32-24-7-6-22(16-25(24)31-3)18-28(5-2)17-21-8-10-26-11-9-21/h6-11,16,23,30H,4-5,12-15,17-20H2,1-3H3/t23-/m0/s1. The number of methoxy groups -OCH3 is 1. The number of hydrogen-bond donors (Lipinski definition) is 1. The fourth-order valence-corrected chi connectivity index (χ4v) is 4.04. The smallest absolute Gasteiger partial charge is 0.161 e. The van der Waals surface area contributed by atoms with Crippen LogP contribution in [0.2, 0.25) is 0 Å². The molecule has 0 bridgehead atoms. The molecule has 1 saturated heterocycles. The van der Waals surface area contributed by atoms with Gasteiger partial charge in [-0.25, -0.2) is 0 Å². The Balaban J connectivity index is 1.51. The lowest BCUT2D eigenvalue weighted by Gasteiger charge is -2.34. The van der Waals surface area contributed by atoms with Crippen molar-refractivity contribution in [3.05, 3.63) is 53.9 Å². The van der Waals surface area contributed by atoms with E-state index in [0.717, 1.165) is 52.4 Å². The van der Waals surface area contributed by atoms with E-state index in [1.807, 2.05) is 24.5 Å². The molecule has 1 aliphatic heterocycles. The zero-order chi connectivity index (χ0) is 22.8. The zero-order valence-electron chi connectivity index (χ0n) is 19.7. The minimum atomic E-state index is -0.525. The average Bonchev–Trinajstić information content (AvgIpc) is 2.83. The van der Waals surface area contributed by atoms with Crippen LogP contribution < -0.4 is 9.47 Å².